The summed E-state index contributed by atoms with van der Waals surface area (Å²) in [5, 5.41) is 8.05. The fourth-order valence-corrected chi connectivity index (χ4v) is 3.07. The lowest BCUT2D eigenvalue weighted by Crippen LogP contribution is -2.25. The largest absolute Gasteiger partial charge is 0.356 e. The summed E-state index contributed by atoms with van der Waals surface area (Å²) in [6.07, 6.45) is 1.31. The molecule has 1 atom stereocenters. The van der Waals surface area contributed by atoms with Crippen molar-refractivity contribution in [3.05, 3.63) is 11.3 Å². The van der Waals surface area contributed by atoms with Crippen molar-refractivity contribution in [1.29, 1.82) is 0 Å². The molecule has 1 saturated heterocycles. The zero-order valence-electron chi connectivity index (χ0n) is 13.0. The Kier molecular flexibility index (Phi) is 4.50. The van der Waals surface area contributed by atoms with E-state index in [1.807, 2.05) is 0 Å². The lowest BCUT2D eigenvalue weighted by molar-refractivity contribution is 0.422. The van der Waals surface area contributed by atoms with Crippen LogP contribution in [0.25, 0.3) is 0 Å². The van der Waals surface area contributed by atoms with E-state index >= 15 is 0 Å². The minimum Gasteiger partial charge on any atom is -0.356 e. The molecule has 1 aliphatic rings. The fourth-order valence-electron chi connectivity index (χ4n) is 3.07. The number of aromatic nitrogens is 2. The van der Waals surface area contributed by atoms with Crippen molar-refractivity contribution in [2.75, 3.05) is 24.5 Å². The van der Waals surface area contributed by atoms with E-state index in [-0.39, 0.29) is 0 Å². The topological polar surface area (TPSA) is 33.1 Å². The van der Waals surface area contributed by atoms with Gasteiger partial charge in [-0.05, 0) is 31.7 Å². The number of nitrogens with zero attached hydrogens (tertiary/aromatic N) is 3. The molecule has 0 spiro atoms. The van der Waals surface area contributed by atoms with Gasteiger partial charge < -0.3 is 10.2 Å². The maximum Gasteiger partial charge on any atom is 0.131 e. The Labute approximate surface area is 117 Å². The second kappa shape index (κ2) is 5.95. The first-order chi connectivity index (χ1) is 9.04. The molecule has 0 aliphatic carbocycles. The van der Waals surface area contributed by atoms with Crippen LogP contribution < -0.4 is 10.2 Å². The van der Waals surface area contributed by atoms with E-state index in [2.05, 4.69) is 54.7 Å². The third-order valence-electron chi connectivity index (χ3n) is 4.33. The molecule has 1 fully saturated rings. The molecule has 108 valence electrons. The van der Waals surface area contributed by atoms with Gasteiger partial charge >= 0.3 is 0 Å². The van der Waals surface area contributed by atoms with Gasteiger partial charge in [0.05, 0.1) is 5.69 Å². The second-order valence-corrected chi connectivity index (χ2v) is 6.03. The Bertz CT molecular complexity index is 422. The normalized spacial score (nSPS) is 19.7. The molecule has 0 radical (unpaired) electrons. The first-order valence-corrected chi connectivity index (χ1v) is 7.52. The van der Waals surface area contributed by atoms with Gasteiger partial charge in [0.25, 0.3) is 0 Å². The van der Waals surface area contributed by atoms with Gasteiger partial charge in [0.2, 0.25) is 0 Å². The van der Waals surface area contributed by atoms with Gasteiger partial charge in [-0.25, -0.2) is 0 Å². The molecule has 0 saturated carbocycles. The summed E-state index contributed by atoms with van der Waals surface area (Å²) >= 11 is 0. The molecule has 2 heterocycles. The Morgan fingerprint density at radius 2 is 2.16 bits per heavy atom. The molecule has 0 bridgehead atoms. The van der Waals surface area contributed by atoms with Gasteiger partial charge in [0.1, 0.15) is 5.82 Å². The molecule has 1 aromatic heterocycles. The molecule has 1 aliphatic heterocycles. The van der Waals surface area contributed by atoms with E-state index in [9.17, 15) is 0 Å². The molecule has 1 aromatic rings. The second-order valence-electron chi connectivity index (χ2n) is 6.03. The Morgan fingerprint density at radius 3 is 2.74 bits per heavy atom. The summed E-state index contributed by atoms with van der Waals surface area (Å²) in [5.74, 6) is 2.92. The highest BCUT2D eigenvalue weighted by Gasteiger charge is 2.28. The minimum atomic E-state index is 0.775. The molecule has 4 heteroatoms. The summed E-state index contributed by atoms with van der Waals surface area (Å²) in [6, 6.07) is 0. The average molecular weight is 264 g/mol. The number of aryl methyl sites for hydroxylation is 2. The summed E-state index contributed by atoms with van der Waals surface area (Å²) in [7, 11) is 2.07. The van der Waals surface area contributed by atoms with Crippen LogP contribution in [-0.2, 0) is 13.6 Å². The molecular weight excluding hydrogens is 236 g/mol. The lowest BCUT2D eigenvalue weighted by Gasteiger charge is -2.22. The predicted molar refractivity (Wildman–Crippen MR) is 80.5 cm³/mol. The highest BCUT2D eigenvalue weighted by Crippen LogP contribution is 2.31. The van der Waals surface area contributed by atoms with Crippen LogP contribution in [0.4, 0.5) is 5.82 Å². The van der Waals surface area contributed by atoms with E-state index in [1.54, 1.807) is 0 Å². The molecule has 4 nitrogen and oxygen atoms in total. The molecule has 19 heavy (non-hydrogen) atoms. The molecule has 0 aromatic carbocycles. The number of nitrogens with one attached hydrogen (secondary N) is 1. The van der Waals surface area contributed by atoms with Crippen LogP contribution in [0.15, 0.2) is 0 Å². The van der Waals surface area contributed by atoms with Crippen LogP contribution in [0.1, 0.15) is 38.4 Å². The van der Waals surface area contributed by atoms with Crippen LogP contribution in [0.2, 0.25) is 0 Å². The maximum atomic E-state index is 4.61. The predicted octanol–water partition coefficient (Wildman–Crippen LogP) is 2.32. The quantitative estimate of drug-likeness (QED) is 0.886. The average Bonchev–Trinajstić information content (AvgIpc) is 2.91. The number of hydrogen-bond donors (Lipinski definition) is 1. The highest BCUT2D eigenvalue weighted by atomic mass is 15.4. The fraction of sp³-hybridized carbons (Fsp3) is 0.800. The summed E-state index contributed by atoms with van der Waals surface area (Å²) in [5.41, 5.74) is 2.53. The van der Waals surface area contributed by atoms with Gasteiger partial charge in [-0.2, -0.15) is 5.10 Å². The van der Waals surface area contributed by atoms with Crippen molar-refractivity contribution in [2.45, 2.75) is 40.7 Å². The van der Waals surface area contributed by atoms with E-state index in [1.165, 1.54) is 30.9 Å². The molecule has 2 rings (SSSR count). The molecule has 0 amide bonds. The molecule has 1 unspecified atom stereocenters. The maximum absolute atomic E-state index is 4.61. The van der Waals surface area contributed by atoms with E-state index in [0.717, 1.165) is 30.6 Å². The van der Waals surface area contributed by atoms with Gasteiger partial charge in [0.15, 0.2) is 0 Å². The van der Waals surface area contributed by atoms with Crippen molar-refractivity contribution >= 4 is 5.82 Å². The van der Waals surface area contributed by atoms with Crippen LogP contribution in [-0.4, -0.2) is 29.4 Å². The standard InChI is InChI=1S/C15H28N4/c1-6-16-9-14-12(4)17-18(5)15(14)19-8-7-13(10-19)11(2)3/h11,13,16H,6-10H2,1-5H3. The lowest BCUT2D eigenvalue weighted by atomic mass is 9.95. The van der Waals surface area contributed by atoms with E-state index < -0.39 is 0 Å². The Balaban J connectivity index is 2.19. The van der Waals surface area contributed by atoms with Crippen LogP contribution in [0, 0.1) is 18.8 Å². The first-order valence-electron chi connectivity index (χ1n) is 7.52. The summed E-state index contributed by atoms with van der Waals surface area (Å²) in [6.45, 7) is 13.2. The van der Waals surface area contributed by atoms with Crippen LogP contribution in [0.5, 0.6) is 0 Å². The Hall–Kier alpha value is -1.03. The van der Waals surface area contributed by atoms with Gasteiger partial charge in [-0.1, -0.05) is 20.8 Å². The Morgan fingerprint density at radius 1 is 1.42 bits per heavy atom. The van der Waals surface area contributed by atoms with Crippen molar-refractivity contribution in [3.63, 3.8) is 0 Å². The summed E-state index contributed by atoms with van der Waals surface area (Å²) in [4.78, 5) is 2.53. The third kappa shape index (κ3) is 2.94. The SMILES string of the molecule is CCNCc1c(C)nn(C)c1N1CCC(C(C)C)C1. The zero-order chi connectivity index (χ0) is 14.0. The molecule has 1 N–H and O–H groups in total. The zero-order valence-corrected chi connectivity index (χ0v) is 13.0. The smallest absolute Gasteiger partial charge is 0.131 e. The van der Waals surface area contributed by atoms with Gasteiger partial charge in [-0.15, -0.1) is 0 Å². The number of rotatable bonds is 5. The van der Waals surface area contributed by atoms with E-state index in [4.69, 9.17) is 0 Å². The van der Waals surface area contributed by atoms with Crippen molar-refractivity contribution in [2.24, 2.45) is 18.9 Å². The first kappa shape index (κ1) is 14.4. The highest BCUT2D eigenvalue weighted by molar-refractivity contribution is 5.51. The number of hydrogen-bond acceptors (Lipinski definition) is 3. The van der Waals surface area contributed by atoms with E-state index in [0.29, 0.717) is 0 Å². The van der Waals surface area contributed by atoms with Gasteiger partial charge in [-0.3, -0.25) is 4.68 Å². The minimum absolute atomic E-state index is 0.775. The van der Waals surface area contributed by atoms with Crippen LogP contribution >= 0.6 is 0 Å². The van der Waals surface area contributed by atoms with Gasteiger partial charge in [0, 0.05) is 32.2 Å². The monoisotopic (exact) mass is 264 g/mol. The van der Waals surface area contributed by atoms with Crippen LogP contribution in [0.3, 0.4) is 0 Å². The van der Waals surface area contributed by atoms with Crippen molar-refractivity contribution in [3.8, 4) is 0 Å². The van der Waals surface area contributed by atoms with Crippen molar-refractivity contribution in [1.82, 2.24) is 15.1 Å². The van der Waals surface area contributed by atoms with Crippen molar-refractivity contribution < 1.29 is 0 Å². The summed E-state index contributed by atoms with van der Waals surface area (Å²) < 4.78 is 2.06. The molecular formula is C15H28N4. The third-order valence-corrected chi connectivity index (χ3v) is 4.33. The number of anilines is 1.